The van der Waals surface area contributed by atoms with E-state index in [1.165, 1.54) is 31.4 Å². The molecule has 0 N–H and O–H groups in total. The van der Waals surface area contributed by atoms with E-state index in [0.29, 0.717) is 18.0 Å². The van der Waals surface area contributed by atoms with Crippen LogP contribution in [-0.4, -0.2) is 41.9 Å². The van der Waals surface area contributed by atoms with Crippen molar-refractivity contribution in [2.24, 2.45) is 11.8 Å². The van der Waals surface area contributed by atoms with Gasteiger partial charge in [0, 0.05) is 30.8 Å². The monoisotopic (exact) mass is 336 g/mol. The van der Waals surface area contributed by atoms with Crippen LogP contribution in [-0.2, 0) is 9.53 Å². The smallest absolute Gasteiger partial charge is 0.310 e. The summed E-state index contributed by atoms with van der Waals surface area (Å²) in [4.78, 5) is 36.1. The molecule has 1 rings (SSSR count). The number of nitrogens with zero attached hydrogens (tertiary/aromatic N) is 2. The molecule has 0 aliphatic rings. The van der Waals surface area contributed by atoms with Crippen molar-refractivity contribution in [2.45, 2.75) is 27.2 Å². The van der Waals surface area contributed by atoms with Crippen molar-refractivity contribution >= 4 is 17.6 Å². The minimum Gasteiger partial charge on any atom is -0.469 e. The number of non-ortho nitro benzene ring substituents is 1. The van der Waals surface area contributed by atoms with Gasteiger partial charge in [0.25, 0.3) is 11.6 Å². The van der Waals surface area contributed by atoms with Crippen molar-refractivity contribution in [3.05, 3.63) is 39.9 Å². The molecule has 0 saturated carbocycles. The summed E-state index contributed by atoms with van der Waals surface area (Å²) >= 11 is 0. The molecular formula is C17H24N2O5. The maximum atomic E-state index is 12.7. The minimum absolute atomic E-state index is 0.0665. The van der Waals surface area contributed by atoms with Crippen LogP contribution >= 0.6 is 0 Å². The van der Waals surface area contributed by atoms with E-state index >= 15 is 0 Å². The summed E-state index contributed by atoms with van der Waals surface area (Å²) in [5.41, 5.74) is 0.296. The quantitative estimate of drug-likeness (QED) is 0.414. The molecule has 1 aromatic rings. The number of nitro benzene ring substituents is 1. The van der Waals surface area contributed by atoms with Crippen molar-refractivity contribution in [1.29, 1.82) is 0 Å². The number of amides is 1. The Bertz CT molecular complexity index is 583. The Morgan fingerprint density at radius 2 is 1.79 bits per heavy atom. The number of hydrogen-bond donors (Lipinski definition) is 0. The van der Waals surface area contributed by atoms with E-state index in [2.05, 4.69) is 13.8 Å². The average Bonchev–Trinajstić information content (AvgIpc) is 2.56. The highest BCUT2D eigenvalue weighted by molar-refractivity contribution is 5.94. The van der Waals surface area contributed by atoms with Gasteiger partial charge in [-0.15, -0.1) is 0 Å². The van der Waals surface area contributed by atoms with Gasteiger partial charge in [-0.2, -0.15) is 0 Å². The zero-order valence-electron chi connectivity index (χ0n) is 14.5. The largest absolute Gasteiger partial charge is 0.469 e. The first-order chi connectivity index (χ1) is 11.3. The highest BCUT2D eigenvalue weighted by Crippen LogP contribution is 2.16. The van der Waals surface area contributed by atoms with Gasteiger partial charge in [-0.25, -0.2) is 0 Å². The van der Waals surface area contributed by atoms with Gasteiger partial charge in [0.1, 0.15) is 0 Å². The molecule has 0 radical (unpaired) electrons. The number of methoxy groups -OCH3 is 1. The Morgan fingerprint density at radius 3 is 2.25 bits per heavy atom. The Labute approximate surface area is 141 Å². The lowest BCUT2D eigenvalue weighted by Gasteiger charge is -2.26. The van der Waals surface area contributed by atoms with E-state index < -0.39 is 10.8 Å². The van der Waals surface area contributed by atoms with Crippen LogP contribution in [0.15, 0.2) is 24.3 Å². The summed E-state index contributed by atoms with van der Waals surface area (Å²) in [6.07, 6.45) is 0.798. The maximum absolute atomic E-state index is 12.7. The molecule has 0 aliphatic carbocycles. The van der Waals surface area contributed by atoms with Crippen LogP contribution in [0.25, 0.3) is 0 Å². The van der Waals surface area contributed by atoms with Gasteiger partial charge >= 0.3 is 5.97 Å². The molecular weight excluding hydrogens is 312 g/mol. The molecule has 0 saturated heterocycles. The predicted molar refractivity (Wildman–Crippen MR) is 89.6 cm³/mol. The van der Waals surface area contributed by atoms with E-state index in [-0.39, 0.29) is 24.1 Å². The van der Waals surface area contributed by atoms with Crippen molar-refractivity contribution in [1.82, 2.24) is 4.90 Å². The standard InChI is InChI=1S/C17H24N2O5/c1-12(2)9-10-18(11-13(3)17(21)24-4)16(20)14-5-7-15(8-6-14)19(22)23/h5-8,12-13H,9-11H2,1-4H3. The van der Waals surface area contributed by atoms with Crippen LogP contribution in [0.2, 0.25) is 0 Å². The number of carbonyl (C=O) groups is 2. The Balaban J connectivity index is 2.92. The summed E-state index contributed by atoms with van der Waals surface area (Å²) < 4.78 is 4.71. The lowest BCUT2D eigenvalue weighted by Crippen LogP contribution is -2.38. The zero-order valence-corrected chi connectivity index (χ0v) is 14.5. The molecule has 0 spiro atoms. The van der Waals surface area contributed by atoms with Gasteiger partial charge in [0.15, 0.2) is 0 Å². The first-order valence-corrected chi connectivity index (χ1v) is 7.87. The second kappa shape index (κ2) is 9.00. The summed E-state index contributed by atoms with van der Waals surface area (Å²) in [5.74, 6) is -0.655. The summed E-state index contributed by atoms with van der Waals surface area (Å²) in [7, 11) is 1.31. The third kappa shape index (κ3) is 5.64. The normalized spacial score (nSPS) is 11.9. The Morgan fingerprint density at radius 1 is 1.21 bits per heavy atom. The molecule has 1 atom stereocenters. The highest BCUT2D eigenvalue weighted by atomic mass is 16.6. The van der Waals surface area contributed by atoms with E-state index in [1.54, 1.807) is 11.8 Å². The van der Waals surface area contributed by atoms with Gasteiger partial charge in [-0.05, 0) is 24.5 Å². The molecule has 132 valence electrons. The van der Waals surface area contributed by atoms with Crippen LogP contribution in [0.1, 0.15) is 37.6 Å². The second-order valence-corrected chi connectivity index (χ2v) is 6.16. The predicted octanol–water partition coefficient (Wildman–Crippen LogP) is 2.89. The Hall–Kier alpha value is -2.44. The van der Waals surface area contributed by atoms with E-state index in [4.69, 9.17) is 4.74 Å². The van der Waals surface area contributed by atoms with E-state index in [1.807, 2.05) is 0 Å². The number of nitro groups is 1. The molecule has 0 aromatic heterocycles. The van der Waals surface area contributed by atoms with E-state index in [0.717, 1.165) is 6.42 Å². The lowest BCUT2D eigenvalue weighted by molar-refractivity contribution is -0.384. The van der Waals surface area contributed by atoms with Crippen LogP contribution < -0.4 is 0 Å². The van der Waals surface area contributed by atoms with Gasteiger partial charge in [-0.1, -0.05) is 20.8 Å². The fourth-order valence-corrected chi connectivity index (χ4v) is 2.20. The molecule has 0 fully saturated rings. The van der Waals surface area contributed by atoms with Crippen molar-refractivity contribution < 1.29 is 19.2 Å². The number of ether oxygens (including phenoxy) is 1. The lowest BCUT2D eigenvalue weighted by atomic mass is 10.1. The summed E-state index contributed by atoms with van der Waals surface area (Å²) in [6.45, 7) is 6.57. The first-order valence-electron chi connectivity index (χ1n) is 7.87. The molecule has 24 heavy (non-hydrogen) atoms. The van der Waals surface area contributed by atoms with Crippen molar-refractivity contribution in [3.63, 3.8) is 0 Å². The molecule has 0 bridgehead atoms. The first kappa shape index (κ1) is 19.6. The third-order valence-corrected chi connectivity index (χ3v) is 3.69. The van der Waals surface area contributed by atoms with Gasteiger partial charge < -0.3 is 9.64 Å². The summed E-state index contributed by atoms with van der Waals surface area (Å²) in [6, 6.07) is 5.48. The van der Waals surface area contributed by atoms with E-state index in [9.17, 15) is 19.7 Å². The van der Waals surface area contributed by atoms with Gasteiger partial charge in [0.2, 0.25) is 0 Å². The second-order valence-electron chi connectivity index (χ2n) is 6.16. The average molecular weight is 336 g/mol. The maximum Gasteiger partial charge on any atom is 0.310 e. The number of hydrogen-bond acceptors (Lipinski definition) is 5. The molecule has 7 heteroatoms. The van der Waals surface area contributed by atoms with Crippen LogP contribution in [0.5, 0.6) is 0 Å². The van der Waals surface area contributed by atoms with Crippen LogP contribution in [0, 0.1) is 22.0 Å². The van der Waals surface area contributed by atoms with Gasteiger partial charge in [0.05, 0.1) is 18.0 Å². The van der Waals surface area contributed by atoms with Crippen LogP contribution in [0.3, 0.4) is 0 Å². The highest BCUT2D eigenvalue weighted by Gasteiger charge is 2.23. The molecule has 1 aromatic carbocycles. The molecule has 7 nitrogen and oxygen atoms in total. The minimum atomic E-state index is -0.510. The Kier molecular flexibility index (Phi) is 7.35. The number of carbonyl (C=O) groups excluding carboxylic acids is 2. The molecule has 0 heterocycles. The van der Waals surface area contributed by atoms with Crippen LogP contribution in [0.4, 0.5) is 5.69 Å². The SMILES string of the molecule is COC(=O)C(C)CN(CCC(C)C)C(=O)c1ccc([N+](=O)[O-])cc1. The summed E-state index contributed by atoms with van der Waals surface area (Å²) in [5, 5.41) is 10.7. The number of esters is 1. The fourth-order valence-electron chi connectivity index (χ4n) is 2.20. The molecule has 1 amide bonds. The molecule has 0 aliphatic heterocycles. The van der Waals surface area contributed by atoms with Gasteiger partial charge in [-0.3, -0.25) is 19.7 Å². The van der Waals surface area contributed by atoms with Crippen molar-refractivity contribution in [3.8, 4) is 0 Å². The number of benzene rings is 1. The third-order valence-electron chi connectivity index (χ3n) is 3.69. The van der Waals surface area contributed by atoms with Crippen molar-refractivity contribution in [2.75, 3.05) is 20.2 Å². The topological polar surface area (TPSA) is 89.8 Å². The molecule has 1 unspecified atom stereocenters. The zero-order chi connectivity index (χ0) is 18.3. The fraction of sp³-hybridized carbons (Fsp3) is 0.529. The number of rotatable bonds is 8.